The Balaban J connectivity index is 2.08. The number of fused-ring (bicyclic) bond motifs is 1. The largest absolute Gasteiger partial charge is 0.489 e. The molecule has 1 heterocycles. The van der Waals surface area contributed by atoms with Gasteiger partial charge in [-0.05, 0) is 26.1 Å². The Bertz CT molecular complexity index is 446. The Hall–Kier alpha value is -1.26. The molecule has 0 spiro atoms. The highest BCUT2D eigenvalue weighted by molar-refractivity contribution is 5.61. The maximum Gasteiger partial charge on any atom is 0.146 e. The van der Waals surface area contributed by atoms with Gasteiger partial charge in [0.15, 0.2) is 0 Å². The molecule has 0 unspecified atom stereocenters. The van der Waals surface area contributed by atoms with Gasteiger partial charge in [0.1, 0.15) is 12.4 Å². The van der Waals surface area contributed by atoms with E-state index in [2.05, 4.69) is 61.3 Å². The second kappa shape index (κ2) is 7.66. The summed E-state index contributed by atoms with van der Waals surface area (Å²) < 4.78 is 5.89. The lowest BCUT2D eigenvalue weighted by Gasteiger charge is -2.28. The van der Waals surface area contributed by atoms with Crippen LogP contribution in [0.5, 0.6) is 5.75 Å². The molecule has 1 aliphatic heterocycles. The summed E-state index contributed by atoms with van der Waals surface area (Å²) in [5.74, 6) is 1.72. The molecule has 0 aromatic heterocycles. The third kappa shape index (κ3) is 4.90. The standard InChI is InChI=1S/C17H29N3O/c1-14(2)12-20(10-9-19(3)4)13-15-6-5-7-16-17(15)21-11-8-18-16/h5-7,14,18H,8-13H2,1-4H3. The van der Waals surface area contributed by atoms with E-state index in [0.29, 0.717) is 5.92 Å². The minimum Gasteiger partial charge on any atom is -0.489 e. The number of benzene rings is 1. The minimum atomic E-state index is 0.672. The summed E-state index contributed by atoms with van der Waals surface area (Å²) in [6.07, 6.45) is 0. The summed E-state index contributed by atoms with van der Waals surface area (Å²) >= 11 is 0. The summed E-state index contributed by atoms with van der Waals surface area (Å²) in [6.45, 7) is 10.5. The van der Waals surface area contributed by atoms with E-state index in [-0.39, 0.29) is 0 Å². The highest BCUT2D eigenvalue weighted by atomic mass is 16.5. The van der Waals surface area contributed by atoms with Gasteiger partial charge in [0.2, 0.25) is 0 Å². The van der Waals surface area contributed by atoms with Crippen LogP contribution in [0.1, 0.15) is 19.4 Å². The molecule has 2 rings (SSSR count). The third-order valence-electron chi connectivity index (χ3n) is 3.64. The molecule has 118 valence electrons. The number of para-hydroxylation sites is 1. The first-order valence-electron chi connectivity index (χ1n) is 7.92. The lowest BCUT2D eigenvalue weighted by atomic mass is 10.1. The molecule has 0 bridgehead atoms. The van der Waals surface area contributed by atoms with E-state index in [1.165, 1.54) is 5.56 Å². The Labute approximate surface area is 129 Å². The van der Waals surface area contributed by atoms with Gasteiger partial charge in [-0.1, -0.05) is 26.0 Å². The predicted molar refractivity (Wildman–Crippen MR) is 89.1 cm³/mol. The van der Waals surface area contributed by atoms with Crippen LogP contribution in [0.25, 0.3) is 0 Å². The summed E-state index contributed by atoms with van der Waals surface area (Å²) in [7, 11) is 4.26. The molecule has 1 aromatic rings. The van der Waals surface area contributed by atoms with Crippen LogP contribution in [0.4, 0.5) is 5.69 Å². The number of hydrogen-bond donors (Lipinski definition) is 1. The Morgan fingerprint density at radius 3 is 2.76 bits per heavy atom. The molecule has 0 saturated carbocycles. The number of nitrogens with zero attached hydrogens (tertiary/aromatic N) is 2. The molecule has 1 aliphatic rings. The van der Waals surface area contributed by atoms with Crippen molar-refractivity contribution >= 4 is 5.69 Å². The van der Waals surface area contributed by atoms with Crippen LogP contribution < -0.4 is 10.1 Å². The molecule has 4 heteroatoms. The van der Waals surface area contributed by atoms with Gasteiger partial charge >= 0.3 is 0 Å². The van der Waals surface area contributed by atoms with Crippen molar-refractivity contribution in [3.05, 3.63) is 23.8 Å². The van der Waals surface area contributed by atoms with Gasteiger partial charge in [0, 0.05) is 38.3 Å². The molecule has 0 atom stereocenters. The van der Waals surface area contributed by atoms with Gasteiger partial charge < -0.3 is 15.0 Å². The zero-order chi connectivity index (χ0) is 15.2. The maximum atomic E-state index is 5.89. The van der Waals surface area contributed by atoms with Crippen molar-refractivity contribution in [3.8, 4) is 5.75 Å². The van der Waals surface area contributed by atoms with E-state index in [1.54, 1.807) is 0 Å². The molecule has 0 amide bonds. The SMILES string of the molecule is CC(C)CN(CCN(C)C)Cc1cccc2c1OCCN2. The van der Waals surface area contributed by atoms with Crippen molar-refractivity contribution in [2.45, 2.75) is 20.4 Å². The van der Waals surface area contributed by atoms with Crippen molar-refractivity contribution in [2.75, 3.05) is 52.2 Å². The molecule has 0 radical (unpaired) electrons. The fraction of sp³-hybridized carbons (Fsp3) is 0.647. The number of nitrogens with one attached hydrogen (secondary N) is 1. The van der Waals surface area contributed by atoms with E-state index >= 15 is 0 Å². The molecular formula is C17H29N3O. The van der Waals surface area contributed by atoms with Crippen molar-refractivity contribution in [3.63, 3.8) is 0 Å². The Morgan fingerprint density at radius 1 is 1.24 bits per heavy atom. The van der Waals surface area contributed by atoms with E-state index in [4.69, 9.17) is 4.74 Å². The fourth-order valence-corrected chi connectivity index (χ4v) is 2.69. The van der Waals surface area contributed by atoms with Crippen molar-refractivity contribution in [1.29, 1.82) is 0 Å². The number of hydrogen-bond acceptors (Lipinski definition) is 4. The quantitative estimate of drug-likeness (QED) is 0.835. The first kappa shape index (κ1) is 16.1. The Kier molecular flexibility index (Phi) is 5.88. The van der Waals surface area contributed by atoms with Crippen LogP contribution in [0.15, 0.2) is 18.2 Å². The molecule has 1 N–H and O–H groups in total. The monoisotopic (exact) mass is 291 g/mol. The number of likely N-dealkylation sites (N-methyl/N-ethyl adjacent to an activating group) is 1. The van der Waals surface area contributed by atoms with Gasteiger partial charge in [0.05, 0.1) is 5.69 Å². The fourth-order valence-electron chi connectivity index (χ4n) is 2.69. The van der Waals surface area contributed by atoms with E-state index in [0.717, 1.165) is 50.8 Å². The first-order valence-corrected chi connectivity index (χ1v) is 7.92. The summed E-state index contributed by atoms with van der Waals surface area (Å²) in [4.78, 5) is 4.77. The van der Waals surface area contributed by atoms with Crippen LogP contribution in [-0.4, -0.2) is 56.7 Å². The second-order valence-corrected chi connectivity index (χ2v) is 6.50. The third-order valence-corrected chi connectivity index (χ3v) is 3.64. The van der Waals surface area contributed by atoms with Crippen LogP contribution >= 0.6 is 0 Å². The average molecular weight is 291 g/mol. The molecule has 1 aromatic carbocycles. The maximum absolute atomic E-state index is 5.89. The highest BCUT2D eigenvalue weighted by Gasteiger charge is 2.16. The minimum absolute atomic E-state index is 0.672. The van der Waals surface area contributed by atoms with Crippen molar-refractivity contribution in [2.24, 2.45) is 5.92 Å². The molecule has 0 aliphatic carbocycles. The average Bonchev–Trinajstić information content (AvgIpc) is 2.44. The summed E-state index contributed by atoms with van der Waals surface area (Å²) in [5, 5.41) is 3.42. The highest BCUT2D eigenvalue weighted by Crippen LogP contribution is 2.32. The molecule has 0 fully saturated rings. The smallest absolute Gasteiger partial charge is 0.146 e. The van der Waals surface area contributed by atoms with Gasteiger partial charge in [-0.3, -0.25) is 4.90 Å². The summed E-state index contributed by atoms with van der Waals surface area (Å²) in [5.41, 5.74) is 2.43. The number of ether oxygens (including phenoxy) is 1. The molecule has 0 saturated heterocycles. The predicted octanol–water partition coefficient (Wildman–Crippen LogP) is 2.51. The van der Waals surface area contributed by atoms with E-state index < -0.39 is 0 Å². The molecular weight excluding hydrogens is 262 g/mol. The van der Waals surface area contributed by atoms with Crippen LogP contribution in [0.3, 0.4) is 0 Å². The van der Waals surface area contributed by atoms with Gasteiger partial charge in [0.25, 0.3) is 0 Å². The topological polar surface area (TPSA) is 27.7 Å². The van der Waals surface area contributed by atoms with Gasteiger partial charge in [-0.25, -0.2) is 0 Å². The zero-order valence-electron chi connectivity index (χ0n) is 13.9. The lowest BCUT2D eigenvalue weighted by Crippen LogP contribution is -2.34. The molecule has 21 heavy (non-hydrogen) atoms. The van der Waals surface area contributed by atoms with Crippen LogP contribution in [0, 0.1) is 5.92 Å². The number of rotatable bonds is 7. The van der Waals surface area contributed by atoms with Crippen molar-refractivity contribution < 1.29 is 4.74 Å². The first-order chi connectivity index (χ1) is 10.1. The lowest BCUT2D eigenvalue weighted by molar-refractivity contribution is 0.208. The van der Waals surface area contributed by atoms with Gasteiger partial charge in [-0.2, -0.15) is 0 Å². The number of anilines is 1. The second-order valence-electron chi connectivity index (χ2n) is 6.50. The van der Waals surface area contributed by atoms with E-state index in [9.17, 15) is 0 Å². The molecule has 4 nitrogen and oxygen atoms in total. The zero-order valence-corrected chi connectivity index (χ0v) is 13.9. The van der Waals surface area contributed by atoms with Gasteiger partial charge in [-0.15, -0.1) is 0 Å². The van der Waals surface area contributed by atoms with Crippen molar-refractivity contribution in [1.82, 2.24) is 9.80 Å². The van der Waals surface area contributed by atoms with E-state index in [1.807, 2.05) is 0 Å². The van der Waals surface area contributed by atoms with Crippen LogP contribution in [-0.2, 0) is 6.54 Å². The normalized spacial score (nSPS) is 14.2. The Morgan fingerprint density at radius 2 is 2.05 bits per heavy atom. The summed E-state index contributed by atoms with van der Waals surface area (Å²) in [6, 6.07) is 6.41. The van der Waals surface area contributed by atoms with Crippen LogP contribution in [0.2, 0.25) is 0 Å².